The molecule has 0 radical (unpaired) electrons. The normalized spacial score (nSPS) is 29.6. The Morgan fingerprint density at radius 3 is 2.78 bits per heavy atom. The van der Waals surface area contributed by atoms with E-state index in [-0.39, 0.29) is 31.2 Å². The molecule has 3 aliphatic heterocycles. The predicted octanol–water partition coefficient (Wildman–Crippen LogP) is 2.81. The third-order valence-corrected chi connectivity index (χ3v) is 9.40. The van der Waals surface area contributed by atoms with E-state index in [0.29, 0.717) is 62.4 Å². The lowest BCUT2D eigenvalue weighted by atomic mass is 9.81. The van der Waals surface area contributed by atoms with Crippen molar-refractivity contribution in [2.45, 2.75) is 88.2 Å². The average molecular weight is 546 g/mol. The molecule has 1 spiro atoms. The first-order valence-electron chi connectivity index (χ1n) is 12.7. The molecule has 0 aliphatic carbocycles. The molecule has 2 aromatic heterocycles. The summed E-state index contributed by atoms with van der Waals surface area (Å²) < 4.78 is 54.1. The SMILES string of the molecule is C[C@H]1C[C@@]2(CCN1Cc1cnn(CC(O)CC3(O)CCOC3)c1)OCCc1c2sc(C(F)(F)F)c1CO. The number of thiophene rings is 1. The summed E-state index contributed by atoms with van der Waals surface area (Å²) in [6, 6.07) is 0.0549. The summed E-state index contributed by atoms with van der Waals surface area (Å²) in [5.41, 5.74) is -0.161. The van der Waals surface area contributed by atoms with Crippen molar-refractivity contribution < 1.29 is 38.0 Å². The fourth-order valence-corrected chi connectivity index (χ4v) is 7.48. The predicted molar refractivity (Wildman–Crippen MR) is 129 cm³/mol. The molecule has 12 heteroatoms. The molecule has 206 valence electrons. The monoisotopic (exact) mass is 545 g/mol. The average Bonchev–Trinajstić information content (AvgIpc) is 3.54. The zero-order valence-electron chi connectivity index (χ0n) is 20.8. The zero-order valence-corrected chi connectivity index (χ0v) is 21.7. The summed E-state index contributed by atoms with van der Waals surface area (Å²) in [6.07, 6.45) is 0.655. The number of likely N-dealkylation sites (tertiary alicyclic amines) is 1. The molecule has 0 saturated carbocycles. The van der Waals surface area contributed by atoms with Crippen LogP contribution in [0.25, 0.3) is 0 Å². The molecule has 3 aliphatic rings. The van der Waals surface area contributed by atoms with Gasteiger partial charge in [-0.1, -0.05) is 0 Å². The van der Waals surface area contributed by atoms with E-state index in [1.54, 1.807) is 10.9 Å². The first-order valence-corrected chi connectivity index (χ1v) is 13.5. The van der Waals surface area contributed by atoms with Crippen molar-refractivity contribution in [1.29, 1.82) is 0 Å². The largest absolute Gasteiger partial charge is 0.425 e. The van der Waals surface area contributed by atoms with Crippen molar-refractivity contribution in [3.05, 3.63) is 38.8 Å². The Bertz CT molecular complexity index is 1100. The van der Waals surface area contributed by atoms with Crippen LogP contribution in [0.3, 0.4) is 0 Å². The number of hydrogen-bond donors (Lipinski definition) is 3. The number of piperidine rings is 1. The van der Waals surface area contributed by atoms with E-state index in [9.17, 15) is 28.5 Å². The molecule has 2 aromatic rings. The van der Waals surface area contributed by atoms with Crippen LogP contribution in [0.4, 0.5) is 13.2 Å². The minimum atomic E-state index is -4.50. The van der Waals surface area contributed by atoms with Crippen molar-refractivity contribution >= 4 is 11.3 Å². The Kier molecular flexibility index (Phi) is 7.47. The molecule has 8 nitrogen and oxygen atoms in total. The van der Waals surface area contributed by atoms with Crippen LogP contribution >= 0.6 is 11.3 Å². The van der Waals surface area contributed by atoms with E-state index in [2.05, 4.69) is 16.9 Å². The van der Waals surface area contributed by atoms with Gasteiger partial charge < -0.3 is 24.8 Å². The summed E-state index contributed by atoms with van der Waals surface area (Å²) in [5, 5.41) is 34.9. The first kappa shape index (κ1) is 27.0. The molecule has 4 atom stereocenters. The van der Waals surface area contributed by atoms with Crippen LogP contribution < -0.4 is 0 Å². The first-order chi connectivity index (χ1) is 17.5. The van der Waals surface area contributed by atoms with Crippen LogP contribution in [-0.4, -0.2) is 74.1 Å². The standard InChI is InChI=1S/C25H34F3N3O5S/c1-16-8-24(21-19(2-6-36-24)20(14-32)22(37-21)25(26,27)28)3-5-30(16)11-17-10-29-31(12-17)13-18(33)9-23(34)4-7-35-15-23/h10,12,16,18,32-34H,2-9,11,13-15H2,1H3/t16-,18?,23?,24+/m0/s1. The van der Waals surface area contributed by atoms with Crippen LogP contribution in [-0.2, 0) is 47.4 Å². The van der Waals surface area contributed by atoms with Gasteiger partial charge in [-0.15, -0.1) is 11.3 Å². The Morgan fingerprint density at radius 1 is 1.30 bits per heavy atom. The second-order valence-corrected chi connectivity index (χ2v) is 11.7. The lowest BCUT2D eigenvalue weighted by Gasteiger charge is -2.47. The second kappa shape index (κ2) is 10.2. The molecule has 5 heterocycles. The summed E-state index contributed by atoms with van der Waals surface area (Å²) in [6.45, 7) is 4.05. The van der Waals surface area contributed by atoms with Crippen molar-refractivity contribution in [2.24, 2.45) is 0 Å². The molecular formula is C25H34F3N3O5S. The van der Waals surface area contributed by atoms with E-state index in [4.69, 9.17) is 9.47 Å². The van der Waals surface area contributed by atoms with Crippen LogP contribution in [0.1, 0.15) is 59.1 Å². The third-order valence-electron chi connectivity index (χ3n) is 7.90. The van der Waals surface area contributed by atoms with Crippen molar-refractivity contribution in [2.75, 3.05) is 26.4 Å². The zero-order chi connectivity index (χ0) is 26.4. The Morgan fingerprint density at radius 2 is 2.11 bits per heavy atom. The number of alkyl halides is 3. The molecule has 2 unspecified atom stereocenters. The van der Waals surface area contributed by atoms with Crippen molar-refractivity contribution in [1.82, 2.24) is 14.7 Å². The van der Waals surface area contributed by atoms with E-state index >= 15 is 0 Å². The fourth-order valence-electron chi connectivity index (χ4n) is 6.07. The maximum absolute atomic E-state index is 13.7. The highest BCUT2D eigenvalue weighted by molar-refractivity contribution is 7.12. The lowest BCUT2D eigenvalue weighted by Crippen LogP contribution is -2.50. The fraction of sp³-hybridized carbons (Fsp3) is 0.720. The highest BCUT2D eigenvalue weighted by Gasteiger charge is 2.48. The van der Waals surface area contributed by atoms with Gasteiger partial charge in [0.15, 0.2) is 0 Å². The van der Waals surface area contributed by atoms with E-state index in [1.165, 1.54) is 0 Å². The number of nitrogens with zero attached hydrogens (tertiary/aromatic N) is 3. The Hall–Kier alpha value is -1.54. The van der Waals surface area contributed by atoms with E-state index in [1.807, 2.05) is 6.20 Å². The minimum Gasteiger partial charge on any atom is -0.392 e. The number of ether oxygens (including phenoxy) is 2. The highest BCUT2D eigenvalue weighted by Crippen LogP contribution is 2.51. The van der Waals surface area contributed by atoms with Gasteiger partial charge >= 0.3 is 6.18 Å². The molecule has 0 amide bonds. The van der Waals surface area contributed by atoms with Crippen LogP contribution in [0.5, 0.6) is 0 Å². The smallest absolute Gasteiger partial charge is 0.392 e. The minimum absolute atomic E-state index is 0.00688. The van der Waals surface area contributed by atoms with Gasteiger partial charge in [0, 0.05) is 60.8 Å². The summed E-state index contributed by atoms with van der Waals surface area (Å²) in [7, 11) is 0. The van der Waals surface area contributed by atoms with Gasteiger partial charge in [0.25, 0.3) is 0 Å². The molecular weight excluding hydrogens is 511 g/mol. The summed E-state index contributed by atoms with van der Waals surface area (Å²) in [5.74, 6) is 0. The van der Waals surface area contributed by atoms with Gasteiger partial charge in [0.2, 0.25) is 0 Å². The molecule has 2 fully saturated rings. The number of hydrogen-bond acceptors (Lipinski definition) is 8. The second-order valence-electron chi connectivity index (χ2n) is 10.7. The van der Waals surface area contributed by atoms with Gasteiger partial charge in [-0.05, 0) is 31.7 Å². The molecule has 3 N–H and O–H groups in total. The number of aromatic nitrogens is 2. The number of aliphatic hydroxyl groups is 3. The van der Waals surface area contributed by atoms with Crippen LogP contribution in [0, 0.1) is 0 Å². The van der Waals surface area contributed by atoms with Crippen molar-refractivity contribution in [3.8, 4) is 0 Å². The Labute approximate surface area is 217 Å². The maximum Gasteiger partial charge on any atom is 0.425 e. The number of aliphatic hydroxyl groups excluding tert-OH is 2. The number of rotatable bonds is 7. The molecule has 2 saturated heterocycles. The molecule has 0 bridgehead atoms. The maximum atomic E-state index is 13.7. The summed E-state index contributed by atoms with van der Waals surface area (Å²) in [4.78, 5) is 2.18. The van der Waals surface area contributed by atoms with Crippen molar-refractivity contribution in [3.63, 3.8) is 0 Å². The van der Waals surface area contributed by atoms with Gasteiger partial charge in [0.05, 0.1) is 44.3 Å². The Balaban J connectivity index is 1.24. The third kappa shape index (κ3) is 5.47. The van der Waals surface area contributed by atoms with Gasteiger partial charge in [0.1, 0.15) is 10.5 Å². The van der Waals surface area contributed by atoms with Gasteiger partial charge in [-0.3, -0.25) is 9.58 Å². The van der Waals surface area contributed by atoms with E-state index in [0.717, 1.165) is 16.9 Å². The summed E-state index contributed by atoms with van der Waals surface area (Å²) >= 11 is 0.735. The molecule has 37 heavy (non-hydrogen) atoms. The van der Waals surface area contributed by atoms with Gasteiger partial charge in [-0.2, -0.15) is 18.3 Å². The molecule has 0 aromatic carbocycles. The van der Waals surface area contributed by atoms with Gasteiger partial charge in [-0.25, -0.2) is 0 Å². The lowest BCUT2D eigenvalue weighted by molar-refractivity contribution is -0.135. The topological polar surface area (TPSA) is 100 Å². The number of fused-ring (bicyclic) bond motifs is 2. The number of halogens is 3. The van der Waals surface area contributed by atoms with Crippen LogP contribution in [0.2, 0.25) is 0 Å². The van der Waals surface area contributed by atoms with Crippen LogP contribution in [0.15, 0.2) is 12.4 Å². The molecule has 5 rings (SSSR count). The van der Waals surface area contributed by atoms with E-state index < -0.39 is 35.0 Å². The quantitative estimate of drug-likeness (QED) is 0.492. The highest BCUT2D eigenvalue weighted by atomic mass is 32.1.